The van der Waals surface area contributed by atoms with Crippen molar-refractivity contribution < 1.29 is 43.2 Å². The second-order valence-electron chi connectivity index (χ2n) is 11.5. The summed E-state index contributed by atoms with van der Waals surface area (Å²) in [6.45, 7) is 12.7. The Morgan fingerprint density at radius 3 is 1.94 bits per heavy atom. The Balaban J connectivity index is 2.22. The molecule has 1 spiro atoms. The van der Waals surface area contributed by atoms with Crippen LogP contribution in [0, 0.1) is 5.41 Å². The minimum Gasteiger partial charge on any atom is -0.479 e. The van der Waals surface area contributed by atoms with Crippen molar-refractivity contribution in [2.45, 2.75) is 103 Å². The van der Waals surface area contributed by atoms with Gasteiger partial charge in [0.2, 0.25) is 0 Å². The summed E-state index contributed by atoms with van der Waals surface area (Å²) in [6, 6.07) is -0.404. The Hall–Kier alpha value is -2.56. The number of carboxylic acids is 1. The quantitative estimate of drug-likeness (QED) is 0.331. The topological polar surface area (TPSA) is 141 Å². The number of hydrogen-bond donors (Lipinski definition) is 2. The van der Waals surface area contributed by atoms with E-state index in [0.29, 0.717) is 32.4 Å². The van der Waals surface area contributed by atoms with Gasteiger partial charge < -0.3 is 34.3 Å². The molecule has 0 aromatic heterocycles. The van der Waals surface area contributed by atoms with Gasteiger partial charge in [-0.2, -0.15) is 0 Å². The van der Waals surface area contributed by atoms with E-state index in [2.05, 4.69) is 10.1 Å². The van der Waals surface area contributed by atoms with Crippen LogP contribution in [0.15, 0.2) is 0 Å². The lowest BCUT2D eigenvalue weighted by Crippen LogP contribution is -2.52. The molecule has 11 heteroatoms. The van der Waals surface area contributed by atoms with E-state index in [1.54, 1.807) is 46.4 Å². The fourth-order valence-corrected chi connectivity index (χ4v) is 4.67. The summed E-state index contributed by atoms with van der Waals surface area (Å²) in [7, 11) is 1.10. The summed E-state index contributed by atoms with van der Waals surface area (Å²) in [5.74, 6) is -2.47. The van der Waals surface area contributed by atoms with Crippen molar-refractivity contribution in [3.05, 3.63) is 0 Å². The number of ether oxygens (including phenoxy) is 4. The van der Waals surface area contributed by atoms with E-state index in [-0.39, 0.29) is 6.42 Å². The van der Waals surface area contributed by atoms with Gasteiger partial charge >= 0.3 is 24.1 Å². The molecule has 200 valence electrons. The predicted molar refractivity (Wildman–Crippen MR) is 125 cm³/mol. The van der Waals surface area contributed by atoms with Crippen molar-refractivity contribution in [2.75, 3.05) is 20.2 Å². The lowest BCUT2D eigenvalue weighted by atomic mass is 9.74. The van der Waals surface area contributed by atoms with Crippen molar-refractivity contribution in [3.8, 4) is 0 Å². The van der Waals surface area contributed by atoms with E-state index in [9.17, 15) is 24.3 Å². The number of nitrogens with one attached hydrogen (secondary N) is 1. The molecule has 1 heterocycles. The van der Waals surface area contributed by atoms with Crippen molar-refractivity contribution >= 4 is 24.1 Å². The average Bonchev–Trinajstić information content (AvgIpc) is 3.00. The Bertz CT molecular complexity index is 822. The fourth-order valence-electron chi connectivity index (χ4n) is 4.67. The van der Waals surface area contributed by atoms with Crippen LogP contribution in [-0.4, -0.2) is 83.3 Å². The number of carboxylic acid groups (broad SMARTS) is 1. The van der Waals surface area contributed by atoms with Gasteiger partial charge in [0.05, 0.1) is 13.2 Å². The molecule has 2 aliphatic rings. The molecule has 2 amide bonds. The summed E-state index contributed by atoms with van der Waals surface area (Å²) in [4.78, 5) is 50.8. The van der Waals surface area contributed by atoms with Gasteiger partial charge in [-0.3, -0.25) is 0 Å². The molecule has 1 saturated carbocycles. The number of amides is 2. The molecule has 2 N–H and O–H groups in total. The van der Waals surface area contributed by atoms with Crippen LogP contribution < -0.4 is 5.32 Å². The number of carbonyl (C=O) groups is 4. The van der Waals surface area contributed by atoms with Gasteiger partial charge in [-0.05, 0) is 79.6 Å². The zero-order valence-corrected chi connectivity index (χ0v) is 22.1. The molecule has 1 unspecified atom stereocenters. The fraction of sp³-hybridized carbons (Fsp3) is 0.833. The van der Waals surface area contributed by atoms with Gasteiger partial charge in [0.25, 0.3) is 5.60 Å². The molecular formula is C24H40N2O9. The molecule has 3 atom stereocenters. The second-order valence-corrected chi connectivity index (χ2v) is 11.5. The number of likely N-dealkylation sites (tertiary alicyclic amines) is 1. The Kier molecular flexibility index (Phi) is 8.36. The number of rotatable bonds is 5. The number of aliphatic carboxylic acids is 1. The lowest BCUT2D eigenvalue weighted by molar-refractivity contribution is -0.190. The third-order valence-electron chi connectivity index (χ3n) is 6.36. The number of alkyl carbamates (subject to hydrolysis) is 1. The Morgan fingerprint density at radius 1 is 0.943 bits per heavy atom. The maximum atomic E-state index is 12.6. The van der Waals surface area contributed by atoms with Gasteiger partial charge in [-0.25, -0.2) is 19.2 Å². The average molecular weight is 501 g/mol. The molecule has 1 saturated heterocycles. The van der Waals surface area contributed by atoms with Gasteiger partial charge in [-0.1, -0.05) is 0 Å². The lowest BCUT2D eigenvalue weighted by Gasteiger charge is -2.43. The summed E-state index contributed by atoms with van der Waals surface area (Å²) in [5.41, 5.74) is -3.97. The number of carbonyl (C=O) groups excluding carboxylic acids is 3. The number of hydrogen-bond acceptors (Lipinski definition) is 8. The molecule has 0 radical (unpaired) electrons. The zero-order valence-electron chi connectivity index (χ0n) is 22.1. The van der Waals surface area contributed by atoms with Crippen LogP contribution in [0.25, 0.3) is 0 Å². The maximum Gasteiger partial charge on any atom is 0.410 e. The SMILES string of the molecule is COC(=O)C(C)(O[C@H]1C[C@@H](NC(=O)OC(C)(C)C)C2(CCN(C(=O)OC(C)(C)C)CC2)C1)C(=O)O. The normalized spacial score (nSPS) is 23.8. The van der Waals surface area contributed by atoms with E-state index < -0.39 is 58.5 Å². The predicted octanol–water partition coefficient (Wildman–Crippen LogP) is 3.09. The molecule has 11 nitrogen and oxygen atoms in total. The van der Waals surface area contributed by atoms with E-state index in [1.165, 1.54) is 0 Å². The van der Waals surface area contributed by atoms with E-state index >= 15 is 0 Å². The van der Waals surface area contributed by atoms with Gasteiger partial charge in [0.15, 0.2) is 0 Å². The van der Waals surface area contributed by atoms with Crippen molar-refractivity contribution in [2.24, 2.45) is 5.41 Å². The Labute approximate surface area is 206 Å². The molecule has 0 aromatic carbocycles. The van der Waals surface area contributed by atoms with Crippen LogP contribution >= 0.6 is 0 Å². The highest BCUT2D eigenvalue weighted by molar-refractivity contribution is 6.02. The number of piperidine rings is 1. The number of esters is 1. The largest absolute Gasteiger partial charge is 0.479 e. The molecule has 2 fully saturated rings. The molecule has 35 heavy (non-hydrogen) atoms. The highest BCUT2D eigenvalue weighted by atomic mass is 16.6. The van der Waals surface area contributed by atoms with Gasteiger partial charge in [-0.15, -0.1) is 0 Å². The number of nitrogens with zero attached hydrogens (tertiary/aromatic N) is 1. The summed E-state index contributed by atoms with van der Waals surface area (Å²) in [5, 5.41) is 12.6. The highest BCUT2D eigenvalue weighted by Gasteiger charge is 2.54. The minimum absolute atomic E-state index is 0.283. The third-order valence-corrected chi connectivity index (χ3v) is 6.36. The summed E-state index contributed by atoms with van der Waals surface area (Å²) >= 11 is 0. The van der Waals surface area contributed by atoms with E-state index in [0.717, 1.165) is 14.0 Å². The van der Waals surface area contributed by atoms with Crippen LogP contribution in [-0.2, 0) is 28.5 Å². The van der Waals surface area contributed by atoms with Crippen molar-refractivity contribution in [1.82, 2.24) is 10.2 Å². The van der Waals surface area contributed by atoms with Gasteiger partial charge in [0.1, 0.15) is 11.2 Å². The Morgan fingerprint density at radius 2 is 1.49 bits per heavy atom. The van der Waals surface area contributed by atoms with Crippen LogP contribution in [0.1, 0.15) is 74.1 Å². The maximum absolute atomic E-state index is 12.6. The molecule has 0 bridgehead atoms. The standard InChI is InChI=1S/C24H40N2O9/c1-21(2,3)34-19(30)25-16-13-15(33-23(7,17(27)28)18(29)32-8)14-24(16)9-11-26(12-10-24)20(31)35-22(4,5)6/h15-16H,9-14H2,1-8H3,(H,25,30)(H,27,28)/t15-,16+,23?/m0/s1. The van der Waals surface area contributed by atoms with Gasteiger partial charge in [0, 0.05) is 19.1 Å². The zero-order chi connectivity index (χ0) is 26.8. The molecule has 0 aromatic rings. The monoisotopic (exact) mass is 500 g/mol. The summed E-state index contributed by atoms with van der Waals surface area (Å²) in [6.07, 6.45) is 0.123. The van der Waals surface area contributed by atoms with Crippen molar-refractivity contribution in [3.63, 3.8) is 0 Å². The minimum atomic E-state index is -2.18. The van der Waals surface area contributed by atoms with Crippen LogP contribution in [0.3, 0.4) is 0 Å². The van der Waals surface area contributed by atoms with Crippen molar-refractivity contribution in [1.29, 1.82) is 0 Å². The first kappa shape index (κ1) is 28.7. The molecule has 1 aliphatic carbocycles. The molecular weight excluding hydrogens is 460 g/mol. The van der Waals surface area contributed by atoms with E-state index in [4.69, 9.17) is 14.2 Å². The van der Waals surface area contributed by atoms with E-state index in [1.807, 2.05) is 0 Å². The second kappa shape index (κ2) is 10.2. The summed E-state index contributed by atoms with van der Waals surface area (Å²) < 4.78 is 21.4. The first-order valence-electron chi connectivity index (χ1n) is 11.9. The third kappa shape index (κ3) is 7.22. The highest BCUT2D eigenvalue weighted by Crippen LogP contribution is 2.48. The molecule has 2 rings (SSSR count). The smallest absolute Gasteiger partial charge is 0.410 e. The van der Waals surface area contributed by atoms with Crippen LogP contribution in [0.4, 0.5) is 9.59 Å². The van der Waals surface area contributed by atoms with Crippen LogP contribution in [0.5, 0.6) is 0 Å². The molecule has 1 aliphatic heterocycles. The van der Waals surface area contributed by atoms with Crippen LogP contribution in [0.2, 0.25) is 0 Å². The number of methoxy groups -OCH3 is 1. The first-order chi connectivity index (χ1) is 15.9. The first-order valence-corrected chi connectivity index (χ1v) is 11.9.